The number of carbonyl (C=O) groups is 3. The molecule has 3 amide bonds. The number of esters is 1. The molecule has 1 saturated heterocycles. The van der Waals surface area contributed by atoms with Crippen LogP contribution >= 0.6 is 0 Å². The van der Waals surface area contributed by atoms with Gasteiger partial charge in [-0.2, -0.15) is 0 Å². The van der Waals surface area contributed by atoms with Crippen LogP contribution in [0.1, 0.15) is 22.0 Å². The highest BCUT2D eigenvalue weighted by atomic mass is 16.5. The number of nitrogens with zero attached hydrogens (tertiary/aromatic N) is 1. The molecule has 0 bridgehead atoms. The third-order valence-electron chi connectivity index (χ3n) is 3.67. The summed E-state index contributed by atoms with van der Waals surface area (Å²) in [6.45, 7) is 3.79. The first-order valence-electron chi connectivity index (χ1n) is 7.01. The Morgan fingerprint density at radius 1 is 1.22 bits per heavy atom. The zero-order valence-corrected chi connectivity index (χ0v) is 13.3. The highest BCUT2D eigenvalue weighted by molar-refractivity contribution is 5.90. The summed E-state index contributed by atoms with van der Waals surface area (Å²) in [6, 6.07) is 5.58. The molecule has 0 saturated carbocycles. The molecule has 0 aliphatic carbocycles. The van der Waals surface area contributed by atoms with Crippen molar-refractivity contribution in [1.29, 1.82) is 0 Å². The highest BCUT2D eigenvalue weighted by Gasteiger charge is 2.38. The van der Waals surface area contributed by atoms with E-state index in [1.807, 2.05) is 0 Å². The number of ether oxygens (including phenoxy) is 1. The quantitative estimate of drug-likeness (QED) is 0.816. The summed E-state index contributed by atoms with van der Waals surface area (Å²) in [5, 5.41) is 5.27. The third kappa shape index (κ3) is 3.33. The van der Waals surface area contributed by atoms with Crippen molar-refractivity contribution in [3.8, 4) is 0 Å². The van der Waals surface area contributed by atoms with E-state index < -0.39 is 24.0 Å². The lowest BCUT2D eigenvalue weighted by Crippen LogP contribution is -2.52. The lowest BCUT2D eigenvalue weighted by atomic mass is 9.87. The number of nitrogens with one attached hydrogen (secondary N) is 2. The van der Waals surface area contributed by atoms with Crippen molar-refractivity contribution in [3.63, 3.8) is 0 Å². The van der Waals surface area contributed by atoms with E-state index in [2.05, 4.69) is 21.9 Å². The van der Waals surface area contributed by atoms with E-state index in [9.17, 15) is 14.4 Å². The second-order valence-corrected chi connectivity index (χ2v) is 5.43. The monoisotopic (exact) mass is 317 g/mol. The number of rotatable bonds is 3. The molecule has 1 heterocycles. The van der Waals surface area contributed by atoms with Gasteiger partial charge in [0, 0.05) is 19.8 Å². The summed E-state index contributed by atoms with van der Waals surface area (Å²) in [7, 11) is 4.59. The molecule has 1 aliphatic heterocycles. The van der Waals surface area contributed by atoms with Crippen LogP contribution in [0, 0.1) is 5.92 Å². The molecule has 0 spiro atoms. The number of carbonyl (C=O) groups excluding carboxylic acids is 3. The Bertz CT molecular complexity index is 652. The molecule has 2 rings (SSSR count). The largest absolute Gasteiger partial charge is 0.465 e. The molecule has 1 aromatic rings. The van der Waals surface area contributed by atoms with Gasteiger partial charge < -0.3 is 20.3 Å². The van der Waals surface area contributed by atoms with Crippen LogP contribution in [-0.4, -0.2) is 44.0 Å². The van der Waals surface area contributed by atoms with Crippen molar-refractivity contribution >= 4 is 17.9 Å². The topological polar surface area (TPSA) is 87.7 Å². The number of urea groups is 1. The smallest absolute Gasteiger partial charge is 0.337 e. The van der Waals surface area contributed by atoms with Crippen LogP contribution in [0.15, 0.2) is 36.5 Å². The van der Waals surface area contributed by atoms with E-state index in [0.717, 1.165) is 0 Å². The molecule has 7 heteroatoms. The minimum absolute atomic E-state index is 0.176. The Labute approximate surface area is 134 Å². The first kappa shape index (κ1) is 16.5. The second kappa shape index (κ2) is 6.51. The normalized spacial score (nSPS) is 20.3. The number of benzene rings is 1. The average Bonchev–Trinajstić information content (AvgIpc) is 2.53. The first-order valence-corrected chi connectivity index (χ1v) is 7.01. The van der Waals surface area contributed by atoms with Crippen molar-refractivity contribution in [2.75, 3.05) is 21.2 Å². The van der Waals surface area contributed by atoms with Crippen LogP contribution in [-0.2, 0) is 9.53 Å². The molecular formula is C16H19N3O4. The first-order chi connectivity index (χ1) is 10.8. The van der Waals surface area contributed by atoms with E-state index in [-0.39, 0.29) is 5.91 Å². The predicted octanol–water partition coefficient (Wildman–Crippen LogP) is 1.05. The number of hydrogen-bond acceptors (Lipinski definition) is 4. The molecule has 2 N–H and O–H groups in total. The Morgan fingerprint density at radius 3 is 2.35 bits per heavy atom. The molecule has 1 fully saturated rings. The maximum Gasteiger partial charge on any atom is 0.337 e. The number of hydrogen-bond donors (Lipinski definition) is 2. The third-order valence-corrected chi connectivity index (χ3v) is 3.67. The van der Waals surface area contributed by atoms with Gasteiger partial charge in [0.15, 0.2) is 0 Å². The molecule has 1 aliphatic rings. The Kier molecular flexibility index (Phi) is 4.68. The van der Waals surface area contributed by atoms with E-state index in [1.165, 1.54) is 12.0 Å². The zero-order chi connectivity index (χ0) is 17.1. The van der Waals surface area contributed by atoms with E-state index >= 15 is 0 Å². The van der Waals surface area contributed by atoms with Crippen molar-refractivity contribution in [2.45, 2.75) is 6.04 Å². The predicted molar refractivity (Wildman–Crippen MR) is 83.5 cm³/mol. The van der Waals surface area contributed by atoms with E-state index in [1.54, 1.807) is 38.4 Å². The summed E-state index contributed by atoms with van der Waals surface area (Å²) in [5.74, 6) is -1.26. The van der Waals surface area contributed by atoms with Crippen molar-refractivity contribution in [2.24, 2.45) is 5.92 Å². The molecule has 0 unspecified atom stereocenters. The molecule has 1 aromatic carbocycles. The van der Waals surface area contributed by atoms with E-state index in [4.69, 9.17) is 0 Å². The minimum Gasteiger partial charge on any atom is -0.465 e. The van der Waals surface area contributed by atoms with Gasteiger partial charge in [0.2, 0.25) is 5.91 Å². The van der Waals surface area contributed by atoms with E-state index in [0.29, 0.717) is 16.8 Å². The Morgan fingerprint density at radius 2 is 1.83 bits per heavy atom. The fourth-order valence-corrected chi connectivity index (χ4v) is 2.48. The molecular weight excluding hydrogens is 298 g/mol. The number of methoxy groups -OCH3 is 1. The fourth-order valence-electron chi connectivity index (χ4n) is 2.48. The Balaban J connectivity index is 2.36. The van der Waals surface area contributed by atoms with Gasteiger partial charge >= 0.3 is 12.0 Å². The van der Waals surface area contributed by atoms with Crippen LogP contribution in [0.5, 0.6) is 0 Å². The standard InChI is InChI=1S/C16H19N3O4/c1-9-12(14(20)19(2)3)13(18-16(22)17-9)10-5-7-11(8-6-10)15(21)23-4/h5-8,12-13H,1H2,2-4H3,(H2,17,18,22)/t12-,13+/m1/s1. The SMILES string of the molecule is C=C1NC(=O)N[C@@H](c2ccc(C(=O)OC)cc2)[C@@H]1C(=O)N(C)C. The average molecular weight is 317 g/mol. The number of amides is 3. The van der Waals surface area contributed by atoms with Gasteiger partial charge in [-0.25, -0.2) is 9.59 Å². The van der Waals surface area contributed by atoms with Crippen LogP contribution in [0.3, 0.4) is 0 Å². The molecule has 0 aromatic heterocycles. The van der Waals surface area contributed by atoms with Gasteiger partial charge in [-0.15, -0.1) is 0 Å². The molecule has 7 nitrogen and oxygen atoms in total. The lowest BCUT2D eigenvalue weighted by molar-refractivity contribution is -0.132. The summed E-state index contributed by atoms with van der Waals surface area (Å²) >= 11 is 0. The van der Waals surface area contributed by atoms with Crippen molar-refractivity contribution in [3.05, 3.63) is 47.7 Å². The summed E-state index contributed by atoms with van der Waals surface area (Å²) in [5.41, 5.74) is 1.44. The van der Waals surface area contributed by atoms with Crippen LogP contribution in [0.2, 0.25) is 0 Å². The van der Waals surface area contributed by atoms with Gasteiger partial charge in [-0.1, -0.05) is 18.7 Å². The van der Waals surface area contributed by atoms with Crippen LogP contribution in [0.25, 0.3) is 0 Å². The summed E-state index contributed by atoms with van der Waals surface area (Å²) in [6.07, 6.45) is 0. The van der Waals surface area contributed by atoms with Gasteiger partial charge in [0.05, 0.1) is 18.7 Å². The van der Waals surface area contributed by atoms with Gasteiger partial charge in [-0.05, 0) is 17.7 Å². The van der Waals surface area contributed by atoms with Crippen LogP contribution in [0.4, 0.5) is 4.79 Å². The maximum atomic E-state index is 12.4. The maximum absolute atomic E-state index is 12.4. The van der Waals surface area contributed by atoms with Gasteiger partial charge in [0.1, 0.15) is 5.92 Å². The van der Waals surface area contributed by atoms with Crippen LogP contribution < -0.4 is 10.6 Å². The molecule has 2 atom stereocenters. The van der Waals surface area contributed by atoms with Crippen molar-refractivity contribution < 1.29 is 19.1 Å². The summed E-state index contributed by atoms with van der Waals surface area (Å²) < 4.78 is 4.65. The molecule has 0 radical (unpaired) electrons. The van der Waals surface area contributed by atoms with Gasteiger partial charge in [0.25, 0.3) is 0 Å². The fraction of sp³-hybridized carbons (Fsp3) is 0.312. The minimum atomic E-state index is -0.633. The second-order valence-electron chi connectivity index (χ2n) is 5.43. The zero-order valence-electron chi connectivity index (χ0n) is 13.3. The molecule has 122 valence electrons. The highest BCUT2D eigenvalue weighted by Crippen LogP contribution is 2.30. The Hall–Kier alpha value is -2.83. The molecule has 23 heavy (non-hydrogen) atoms. The van der Waals surface area contributed by atoms with Crippen molar-refractivity contribution in [1.82, 2.24) is 15.5 Å². The van der Waals surface area contributed by atoms with Gasteiger partial charge in [-0.3, -0.25) is 4.79 Å². The summed E-state index contributed by atoms with van der Waals surface area (Å²) in [4.78, 5) is 37.1. The lowest BCUT2D eigenvalue weighted by Gasteiger charge is -2.35.